The molecule has 2 rings (SSSR count). The van der Waals surface area contributed by atoms with E-state index in [-0.39, 0.29) is 5.91 Å². The molecule has 0 atom stereocenters. The summed E-state index contributed by atoms with van der Waals surface area (Å²) in [5.74, 6) is 1.81. The Kier molecular flexibility index (Phi) is 7.30. The van der Waals surface area contributed by atoms with E-state index in [4.69, 9.17) is 23.2 Å². The van der Waals surface area contributed by atoms with Gasteiger partial charge in [-0.2, -0.15) is 0 Å². The van der Waals surface area contributed by atoms with Gasteiger partial charge in [0, 0.05) is 15.8 Å². The molecule has 0 spiro atoms. The molecular weight excluding hydrogens is 381 g/mol. The highest BCUT2D eigenvalue weighted by Gasteiger charge is 2.09. The van der Waals surface area contributed by atoms with Gasteiger partial charge in [-0.15, -0.1) is 22.0 Å². The maximum Gasteiger partial charge on any atom is 0.236 e. The van der Waals surface area contributed by atoms with Crippen molar-refractivity contribution in [2.75, 3.05) is 16.8 Å². The molecular formula is C13H13Cl2N3OS3. The zero-order chi connectivity index (χ0) is 15.9. The van der Waals surface area contributed by atoms with Crippen LogP contribution in [0.3, 0.4) is 0 Å². The zero-order valence-corrected chi connectivity index (χ0v) is 15.6. The van der Waals surface area contributed by atoms with E-state index < -0.39 is 0 Å². The Morgan fingerprint density at radius 3 is 2.91 bits per heavy atom. The monoisotopic (exact) mass is 393 g/mol. The number of nitrogens with zero attached hydrogens (tertiary/aromatic N) is 2. The maximum absolute atomic E-state index is 11.9. The molecule has 2 aromatic rings. The predicted molar refractivity (Wildman–Crippen MR) is 97.6 cm³/mol. The van der Waals surface area contributed by atoms with Crippen molar-refractivity contribution in [3.63, 3.8) is 0 Å². The Balaban J connectivity index is 1.77. The van der Waals surface area contributed by atoms with E-state index in [2.05, 4.69) is 15.5 Å². The summed E-state index contributed by atoms with van der Waals surface area (Å²) in [5.41, 5.74) is 0.960. The minimum Gasteiger partial charge on any atom is -0.300 e. The van der Waals surface area contributed by atoms with Crippen molar-refractivity contribution >= 4 is 69.1 Å². The van der Waals surface area contributed by atoms with Crippen molar-refractivity contribution in [3.8, 4) is 0 Å². The van der Waals surface area contributed by atoms with Crippen LogP contribution in [0.4, 0.5) is 5.13 Å². The van der Waals surface area contributed by atoms with E-state index in [9.17, 15) is 4.79 Å². The smallest absolute Gasteiger partial charge is 0.236 e. The van der Waals surface area contributed by atoms with Crippen LogP contribution in [0.15, 0.2) is 22.5 Å². The average molecular weight is 394 g/mol. The number of carbonyl (C=O) groups excluding carboxylic acids is 1. The fraction of sp³-hybridized carbons (Fsp3) is 0.308. The average Bonchev–Trinajstić information content (AvgIpc) is 2.89. The zero-order valence-electron chi connectivity index (χ0n) is 11.6. The fourth-order valence-electron chi connectivity index (χ4n) is 1.49. The van der Waals surface area contributed by atoms with Crippen LogP contribution in [0.1, 0.15) is 12.5 Å². The Hall–Kier alpha value is -0.470. The molecule has 0 bridgehead atoms. The van der Waals surface area contributed by atoms with E-state index >= 15 is 0 Å². The maximum atomic E-state index is 11.9. The van der Waals surface area contributed by atoms with Crippen molar-refractivity contribution in [2.45, 2.75) is 17.0 Å². The van der Waals surface area contributed by atoms with Crippen LogP contribution in [0.5, 0.6) is 0 Å². The van der Waals surface area contributed by atoms with Crippen LogP contribution in [0, 0.1) is 0 Å². The first-order valence-electron chi connectivity index (χ1n) is 6.36. The minimum absolute atomic E-state index is 0.0979. The number of rotatable bonds is 7. The summed E-state index contributed by atoms with van der Waals surface area (Å²) >= 11 is 16.4. The lowest BCUT2D eigenvalue weighted by Crippen LogP contribution is -2.14. The lowest BCUT2D eigenvalue weighted by Gasteiger charge is -2.04. The second kappa shape index (κ2) is 8.98. The van der Waals surface area contributed by atoms with Crippen LogP contribution in [-0.2, 0) is 10.5 Å². The van der Waals surface area contributed by atoms with Gasteiger partial charge in [-0.1, -0.05) is 59.3 Å². The van der Waals surface area contributed by atoms with Crippen LogP contribution < -0.4 is 5.32 Å². The number of aromatic nitrogens is 2. The summed E-state index contributed by atoms with van der Waals surface area (Å²) in [5, 5.41) is 12.4. The Morgan fingerprint density at radius 2 is 2.18 bits per heavy atom. The fourth-order valence-corrected chi connectivity index (χ4v) is 4.54. The van der Waals surface area contributed by atoms with Gasteiger partial charge in [0.25, 0.3) is 0 Å². The van der Waals surface area contributed by atoms with E-state index in [1.807, 2.05) is 13.0 Å². The van der Waals surface area contributed by atoms with Crippen LogP contribution in [-0.4, -0.2) is 27.6 Å². The molecule has 0 saturated heterocycles. The van der Waals surface area contributed by atoms with Crippen LogP contribution >= 0.6 is 58.1 Å². The summed E-state index contributed by atoms with van der Waals surface area (Å²) in [4.78, 5) is 11.9. The Bertz CT molecular complexity index is 651. The lowest BCUT2D eigenvalue weighted by atomic mass is 10.2. The molecule has 9 heteroatoms. The van der Waals surface area contributed by atoms with Crippen molar-refractivity contribution in [3.05, 3.63) is 33.8 Å². The molecule has 0 radical (unpaired) electrons. The first-order valence-corrected chi connectivity index (χ1v) is 10.1. The van der Waals surface area contributed by atoms with Gasteiger partial charge in [0.05, 0.1) is 5.75 Å². The largest absolute Gasteiger partial charge is 0.300 e. The molecule has 1 aromatic carbocycles. The van der Waals surface area contributed by atoms with Gasteiger partial charge in [0.2, 0.25) is 11.0 Å². The molecule has 0 saturated carbocycles. The highest BCUT2D eigenvalue weighted by Crippen LogP contribution is 2.26. The number of hydrogen-bond donors (Lipinski definition) is 1. The second-order valence-corrected chi connectivity index (χ2v) is 8.40. The molecule has 0 aliphatic rings. The molecule has 1 heterocycles. The second-order valence-electron chi connectivity index (χ2n) is 4.08. The van der Waals surface area contributed by atoms with Crippen LogP contribution in [0.25, 0.3) is 0 Å². The first kappa shape index (κ1) is 17.9. The Morgan fingerprint density at radius 1 is 1.36 bits per heavy atom. The number of amides is 1. The molecule has 1 amide bonds. The highest BCUT2D eigenvalue weighted by molar-refractivity contribution is 8.01. The number of carbonyl (C=O) groups is 1. The van der Waals surface area contributed by atoms with Gasteiger partial charge in [0.1, 0.15) is 0 Å². The summed E-state index contributed by atoms with van der Waals surface area (Å²) in [6, 6.07) is 5.36. The molecule has 118 valence electrons. The van der Waals surface area contributed by atoms with Crippen molar-refractivity contribution < 1.29 is 4.79 Å². The number of anilines is 1. The van der Waals surface area contributed by atoms with Gasteiger partial charge in [-0.05, 0) is 23.4 Å². The van der Waals surface area contributed by atoms with Gasteiger partial charge in [-0.3, -0.25) is 10.1 Å². The molecule has 0 fully saturated rings. The van der Waals surface area contributed by atoms with Gasteiger partial charge < -0.3 is 0 Å². The molecule has 4 nitrogen and oxygen atoms in total. The molecule has 0 unspecified atom stereocenters. The van der Waals surface area contributed by atoms with Gasteiger partial charge in [0.15, 0.2) is 4.34 Å². The molecule has 22 heavy (non-hydrogen) atoms. The van der Waals surface area contributed by atoms with Crippen molar-refractivity contribution in [1.29, 1.82) is 0 Å². The topological polar surface area (TPSA) is 54.9 Å². The lowest BCUT2D eigenvalue weighted by molar-refractivity contribution is -0.113. The number of thioether (sulfide) groups is 2. The van der Waals surface area contributed by atoms with E-state index in [0.717, 1.165) is 15.7 Å². The van der Waals surface area contributed by atoms with Crippen molar-refractivity contribution in [1.82, 2.24) is 10.2 Å². The van der Waals surface area contributed by atoms with Crippen molar-refractivity contribution in [2.24, 2.45) is 0 Å². The number of halogens is 2. The third kappa shape index (κ3) is 5.62. The summed E-state index contributed by atoms with van der Waals surface area (Å²) in [7, 11) is 0. The quantitative estimate of drug-likeness (QED) is 0.539. The van der Waals surface area contributed by atoms with E-state index in [0.29, 0.717) is 26.7 Å². The molecule has 1 N–H and O–H groups in total. The Labute approximate surface area is 151 Å². The highest BCUT2D eigenvalue weighted by atomic mass is 35.5. The third-order valence-corrected chi connectivity index (χ3v) is 5.85. The predicted octanol–water partition coefficient (Wildman–Crippen LogP) is 4.83. The van der Waals surface area contributed by atoms with Gasteiger partial charge in [-0.25, -0.2) is 0 Å². The number of benzene rings is 1. The summed E-state index contributed by atoms with van der Waals surface area (Å²) in [6.07, 6.45) is 0. The van der Waals surface area contributed by atoms with E-state index in [1.165, 1.54) is 23.1 Å². The third-order valence-electron chi connectivity index (χ3n) is 2.43. The first-order chi connectivity index (χ1) is 10.6. The number of nitrogens with one attached hydrogen (secondary N) is 1. The molecule has 1 aromatic heterocycles. The standard InChI is InChI=1S/C13H13Cl2N3OS3/c1-2-21-13-18-17-12(22-13)16-11(19)7-20-6-8-3-4-9(14)5-10(8)15/h3-5H,2,6-7H2,1H3,(H,16,17,19). The van der Waals surface area contributed by atoms with E-state index in [1.54, 1.807) is 23.9 Å². The molecule has 0 aliphatic carbocycles. The van der Waals surface area contributed by atoms with Crippen LogP contribution in [0.2, 0.25) is 10.0 Å². The SMILES string of the molecule is CCSc1nnc(NC(=O)CSCc2ccc(Cl)cc2Cl)s1. The number of hydrogen-bond acceptors (Lipinski definition) is 6. The van der Waals surface area contributed by atoms with Gasteiger partial charge >= 0.3 is 0 Å². The minimum atomic E-state index is -0.0979. The summed E-state index contributed by atoms with van der Waals surface area (Å²) in [6.45, 7) is 2.04. The normalized spacial score (nSPS) is 10.7. The molecule has 0 aliphatic heterocycles. The summed E-state index contributed by atoms with van der Waals surface area (Å²) < 4.78 is 0.860.